The lowest BCUT2D eigenvalue weighted by Crippen LogP contribution is -2.28. The first-order chi connectivity index (χ1) is 8.33. The maximum Gasteiger partial charge on any atom is 0.138 e. The second-order valence-corrected chi connectivity index (χ2v) is 4.16. The monoisotopic (exact) mass is 230 g/mol. The molecule has 1 aliphatic rings. The van der Waals surface area contributed by atoms with Crippen molar-refractivity contribution in [3.63, 3.8) is 0 Å². The van der Waals surface area contributed by atoms with Crippen LogP contribution in [0.1, 0.15) is 24.1 Å². The van der Waals surface area contributed by atoms with E-state index in [1.54, 1.807) is 18.3 Å². The zero-order valence-corrected chi connectivity index (χ0v) is 9.98. The van der Waals surface area contributed by atoms with Gasteiger partial charge in [0.05, 0.1) is 11.9 Å². The van der Waals surface area contributed by atoms with Gasteiger partial charge < -0.3 is 10.1 Å². The summed E-state index contributed by atoms with van der Waals surface area (Å²) >= 11 is 0. The van der Waals surface area contributed by atoms with Crippen LogP contribution in [0, 0.1) is 0 Å². The number of nitrogens with zero attached hydrogens (tertiary/aromatic N) is 1. The molecule has 0 spiro atoms. The number of rotatable bonds is 5. The van der Waals surface area contributed by atoms with Crippen LogP contribution in [0.25, 0.3) is 12.2 Å². The molecule has 1 aromatic rings. The summed E-state index contributed by atoms with van der Waals surface area (Å²) in [7, 11) is 0. The first-order valence-electron chi connectivity index (χ1n) is 5.94. The van der Waals surface area contributed by atoms with Gasteiger partial charge in [0, 0.05) is 11.6 Å². The number of hydrogen-bond donors (Lipinski definition) is 1. The van der Waals surface area contributed by atoms with Crippen molar-refractivity contribution in [2.45, 2.75) is 18.9 Å². The van der Waals surface area contributed by atoms with Crippen molar-refractivity contribution in [2.24, 2.45) is 0 Å². The van der Waals surface area contributed by atoms with E-state index in [4.69, 9.17) is 4.74 Å². The van der Waals surface area contributed by atoms with Gasteiger partial charge >= 0.3 is 0 Å². The third-order valence-electron chi connectivity index (χ3n) is 2.95. The molecule has 2 heterocycles. The molecule has 2 rings (SSSR count). The highest BCUT2D eigenvalue weighted by molar-refractivity contribution is 5.61. The Balaban J connectivity index is 2.00. The molecular formula is C14H18N2O. The standard InChI is InChI=1S/C14H18N2O/c1-3-11-8-13(9-16-14(11)4-2)17-10-12-6-5-7-15-12/h3-4,8-9,12,15H,1-2,5-7,10H2. The first-order valence-corrected chi connectivity index (χ1v) is 5.94. The van der Waals surface area contributed by atoms with E-state index in [1.807, 2.05) is 6.07 Å². The van der Waals surface area contributed by atoms with E-state index in [9.17, 15) is 0 Å². The van der Waals surface area contributed by atoms with Crippen molar-refractivity contribution in [1.82, 2.24) is 10.3 Å². The molecule has 0 aliphatic carbocycles. The highest BCUT2D eigenvalue weighted by atomic mass is 16.5. The summed E-state index contributed by atoms with van der Waals surface area (Å²) in [6, 6.07) is 2.42. The Morgan fingerprint density at radius 1 is 1.47 bits per heavy atom. The third kappa shape index (κ3) is 2.94. The normalized spacial score (nSPS) is 18.9. The molecule has 1 unspecified atom stereocenters. The molecular weight excluding hydrogens is 212 g/mol. The number of hydrogen-bond acceptors (Lipinski definition) is 3. The Labute approximate surface area is 102 Å². The number of nitrogens with one attached hydrogen (secondary N) is 1. The predicted molar refractivity (Wildman–Crippen MR) is 70.9 cm³/mol. The topological polar surface area (TPSA) is 34.1 Å². The first kappa shape index (κ1) is 11.9. The fraction of sp³-hybridized carbons (Fsp3) is 0.357. The van der Waals surface area contributed by atoms with E-state index in [0.29, 0.717) is 12.6 Å². The second kappa shape index (κ2) is 5.64. The smallest absolute Gasteiger partial charge is 0.138 e. The van der Waals surface area contributed by atoms with Crippen LogP contribution in [0.2, 0.25) is 0 Å². The largest absolute Gasteiger partial charge is 0.490 e. The predicted octanol–water partition coefficient (Wildman–Crippen LogP) is 2.50. The van der Waals surface area contributed by atoms with Gasteiger partial charge in [0.25, 0.3) is 0 Å². The summed E-state index contributed by atoms with van der Waals surface area (Å²) in [5, 5.41) is 3.40. The Kier molecular flexibility index (Phi) is 3.94. The average molecular weight is 230 g/mol. The van der Waals surface area contributed by atoms with Crippen LogP contribution in [-0.4, -0.2) is 24.2 Å². The summed E-state index contributed by atoms with van der Waals surface area (Å²) in [6.07, 6.45) is 7.65. The van der Waals surface area contributed by atoms with Crippen molar-refractivity contribution < 1.29 is 4.74 Å². The number of pyridine rings is 1. The van der Waals surface area contributed by atoms with Gasteiger partial charge in [-0.15, -0.1) is 0 Å². The molecule has 0 saturated carbocycles. The Bertz CT molecular complexity index is 409. The molecule has 0 radical (unpaired) electrons. The molecule has 1 aliphatic heterocycles. The molecule has 90 valence electrons. The highest BCUT2D eigenvalue weighted by Gasteiger charge is 2.14. The average Bonchev–Trinajstić information content (AvgIpc) is 2.89. The van der Waals surface area contributed by atoms with Gasteiger partial charge in [0.15, 0.2) is 0 Å². The number of aromatic nitrogens is 1. The number of ether oxygens (including phenoxy) is 1. The van der Waals surface area contributed by atoms with Crippen molar-refractivity contribution in [2.75, 3.05) is 13.2 Å². The van der Waals surface area contributed by atoms with Crippen LogP contribution in [0.5, 0.6) is 5.75 Å². The van der Waals surface area contributed by atoms with E-state index in [-0.39, 0.29) is 0 Å². The van der Waals surface area contributed by atoms with Crippen LogP contribution in [0.3, 0.4) is 0 Å². The maximum absolute atomic E-state index is 5.72. The van der Waals surface area contributed by atoms with Gasteiger partial charge in [-0.2, -0.15) is 0 Å². The van der Waals surface area contributed by atoms with Crippen molar-refractivity contribution >= 4 is 12.2 Å². The summed E-state index contributed by atoms with van der Waals surface area (Å²) in [5.74, 6) is 0.791. The summed E-state index contributed by atoms with van der Waals surface area (Å²) in [5.41, 5.74) is 1.79. The van der Waals surface area contributed by atoms with E-state index in [1.165, 1.54) is 12.8 Å². The van der Waals surface area contributed by atoms with Gasteiger partial charge in [-0.05, 0) is 31.5 Å². The molecule has 1 fully saturated rings. The fourth-order valence-corrected chi connectivity index (χ4v) is 1.98. The summed E-state index contributed by atoms with van der Waals surface area (Å²) < 4.78 is 5.72. The Morgan fingerprint density at radius 3 is 3.00 bits per heavy atom. The van der Waals surface area contributed by atoms with Crippen LogP contribution < -0.4 is 10.1 Å². The van der Waals surface area contributed by atoms with Gasteiger partial charge in [-0.25, -0.2) is 0 Å². The van der Waals surface area contributed by atoms with Crippen molar-refractivity contribution in [1.29, 1.82) is 0 Å². The van der Waals surface area contributed by atoms with E-state index < -0.39 is 0 Å². The Hall–Kier alpha value is -1.61. The molecule has 1 N–H and O–H groups in total. The van der Waals surface area contributed by atoms with E-state index >= 15 is 0 Å². The molecule has 1 aromatic heterocycles. The molecule has 0 aromatic carbocycles. The molecule has 1 saturated heterocycles. The maximum atomic E-state index is 5.72. The minimum Gasteiger partial charge on any atom is -0.490 e. The second-order valence-electron chi connectivity index (χ2n) is 4.16. The van der Waals surface area contributed by atoms with Crippen molar-refractivity contribution in [3.05, 3.63) is 36.7 Å². The lowest BCUT2D eigenvalue weighted by molar-refractivity contribution is 0.276. The Morgan fingerprint density at radius 2 is 2.35 bits per heavy atom. The van der Waals surface area contributed by atoms with Gasteiger partial charge in [-0.1, -0.05) is 19.2 Å². The van der Waals surface area contributed by atoms with E-state index in [0.717, 1.165) is 23.6 Å². The summed E-state index contributed by atoms with van der Waals surface area (Å²) in [6.45, 7) is 9.28. The lowest BCUT2D eigenvalue weighted by Gasteiger charge is -2.12. The fourth-order valence-electron chi connectivity index (χ4n) is 1.98. The van der Waals surface area contributed by atoms with Crippen LogP contribution in [0.15, 0.2) is 25.4 Å². The van der Waals surface area contributed by atoms with Gasteiger partial charge in [0.2, 0.25) is 0 Å². The summed E-state index contributed by atoms with van der Waals surface area (Å²) in [4.78, 5) is 4.28. The molecule has 3 heteroatoms. The minimum absolute atomic E-state index is 0.473. The molecule has 3 nitrogen and oxygen atoms in total. The van der Waals surface area contributed by atoms with E-state index in [2.05, 4.69) is 23.5 Å². The van der Waals surface area contributed by atoms with Gasteiger partial charge in [0.1, 0.15) is 12.4 Å². The third-order valence-corrected chi connectivity index (χ3v) is 2.95. The van der Waals surface area contributed by atoms with Crippen LogP contribution in [-0.2, 0) is 0 Å². The zero-order chi connectivity index (χ0) is 12.1. The quantitative estimate of drug-likeness (QED) is 0.844. The molecule has 0 bridgehead atoms. The van der Waals surface area contributed by atoms with Crippen LogP contribution in [0.4, 0.5) is 0 Å². The van der Waals surface area contributed by atoms with Gasteiger partial charge in [-0.3, -0.25) is 4.98 Å². The SMILES string of the molecule is C=Cc1cc(OCC2CCCN2)cnc1C=C. The molecule has 1 atom stereocenters. The molecule has 17 heavy (non-hydrogen) atoms. The van der Waals surface area contributed by atoms with Crippen molar-refractivity contribution in [3.8, 4) is 5.75 Å². The van der Waals surface area contributed by atoms with Crippen LogP contribution >= 0.6 is 0 Å². The zero-order valence-electron chi connectivity index (χ0n) is 9.98. The molecule has 0 amide bonds. The minimum atomic E-state index is 0.473. The lowest BCUT2D eigenvalue weighted by atomic mass is 10.2. The highest BCUT2D eigenvalue weighted by Crippen LogP contribution is 2.18.